The summed E-state index contributed by atoms with van der Waals surface area (Å²) >= 11 is 0. The van der Waals surface area contributed by atoms with Gasteiger partial charge >= 0.3 is 0 Å². The summed E-state index contributed by atoms with van der Waals surface area (Å²) in [5.41, 5.74) is 6.66. The Hall–Kier alpha value is -2.95. The van der Waals surface area contributed by atoms with E-state index < -0.39 is 0 Å². The van der Waals surface area contributed by atoms with Gasteiger partial charge in [-0.25, -0.2) is 4.68 Å². The molecule has 0 aliphatic carbocycles. The summed E-state index contributed by atoms with van der Waals surface area (Å²) in [7, 11) is 3.38. The lowest BCUT2D eigenvalue weighted by molar-refractivity contribution is 0.397. The fraction of sp³-hybridized carbons (Fsp3) is 0.348. The number of rotatable bonds is 4. The van der Waals surface area contributed by atoms with E-state index in [1.807, 2.05) is 22.9 Å². The number of anilines is 1. The molecule has 0 bridgehead atoms. The van der Waals surface area contributed by atoms with Crippen LogP contribution in [0.1, 0.15) is 29.5 Å². The van der Waals surface area contributed by atoms with Crippen LogP contribution in [0, 0.1) is 13.8 Å². The van der Waals surface area contributed by atoms with Crippen molar-refractivity contribution in [1.29, 1.82) is 0 Å². The van der Waals surface area contributed by atoms with Gasteiger partial charge in [-0.3, -0.25) is 0 Å². The zero-order valence-electron chi connectivity index (χ0n) is 17.0. The monoisotopic (exact) mass is 377 g/mol. The SMILES string of the molecule is COc1cccc(OC)c1-c1nn(-c2ccc(C)c(C)c2)c2c1CCCCN2. The van der Waals surface area contributed by atoms with Crippen molar-refractivity contribution in [3.8, 4) is 28.4 Å². The average Bonchev–Trinajstić information content (AvgIpc) is 2.89. The molecule has 146 valence electrons. The predicted octanol–water partition coefficient (Wildman–Crippen LogP) is 4.92. The smallest absolute Gasteiger partial charge is 0.133 e. The summed E-state index contributed by atoms with van der Waals surface area (Å²) in [5.74, 6) is 2.62. The second kappa shape index (κ2) is 7.58. The van der Waals surface area contributed by atoms with Gasteiger partial charge in [-0.05, 0) is 68.5 Å². The van der Waals surface area contributed by atoms with E-state index in [0.717, 1.165) is 60.1 Å². The van der Waals surface area contributed by atoms with E-state index in [4.69, 9.17) is 14.6 Å². The van der Waals surface area contributed by atoms with Crippen molar-refractivity contribution in [2.24, 2.45) is 0 Å². The van der Waals surface area contributed by atoms with Crippen molar-refractivity contribution in [3.05, 3.63) is 53.1 Å². The molecular formula is C23H27N3O2. The molecular weight excluding hydrogens is 350 g/mol. The molecule has 2 aromatic carbocycles. The molecule has 1 aliphatic heterocycles. The van der Waals surface area contributed by atoms with Gasteiger partial charge in [-0.1, -0.05) is 12.1 Å². The summed E-state index contributed by atoms with van der Waals surface area (Å²) in [6.07, 6.45) is 3.25. The van der Waals surface area contributed by atoms with Crippen molar-refractivity contribution < 1.29 is 9.47 Å². The first-order valence-electron chi connectivity index (χ1n) is 9.78. The van der Waals surface area contributed by atoms with Crippen molar-refractivity contribution in [2.75, 3.05) is 26.1 Å². The van der Waals surface area contributed by atoms with E-state index in [2.05, 4.69) is 37.4 Å². The molecule has 4 rings (SSSR count). The number of nitrogens with one attached hydrogen (secondary N) is 1. The Balaban J connectivity index is 1.97. The highest BCUT2D eigenvalue weighted by Crippen LogP contribution is 2.43. The second-order valence-corrected chi connectivity index (χ2v) is 7.28. The van der Waals surface area contributed by atoms with Gasteiger partial charge in [-0.2, -0.15) is 5.10 Å². The lowest BCUT2D eigenvalue weighted by Gasteiger charge is -2.12. The Labute approximate surface area is 166 Å². The number of fused-ring (bicyclic) bond motifs is 1. The highest BCUT2D eigenvalue weighted by atomic mass is 16.5. The Morgan fingerprint density at radius 2 is 1.71 bits per heavy atom. The third-order valence-electron chi connectivity index (χ3n) is 5.53. The highest BCUT2D eigenvalue weighted by Gasteiger charge is 2.26. The van der Waals surface area contributed by atoms with Crippen LogP contribution in [-0.2, 0) is 6.42 Å². The van der Waals surface area contributed by atoms with Crippen LogP contribution in [0.5, 0.6) is 11.5 Å². The van der Waals surface area contributed by atoms with E-state index in [-0.39, 0.29) is 0 Å². The number of benzene rings is 2. The number of aryl methyl sites for hydroxylation is 2. The van der Waals surface area contributed by atoms with Crippen molar-refractivity contribution in [3.63, 3.8) is 0 Å². The van der Waals surface area contributed by atoms with Gasteiger partial charge in [0.1, 0.15) is 23.0 Å². The van der Waals surface area contributed by atoms with E-state index >= 15 is 0 Å². The molecule has 1 aliphatic rings. The summed E-state index contributed by atoms with van der Waals surface area (Å²) in [4.78, 5) is 0. The minimum atomic E-state index is 0.774. The van der Waals surface area contributed by atoms with Crippen LogP contribution in [0.2, 0.25) is 0 Å². The molecule has 0 amide bonds. The second-order valence-electron chi connectivity index (χ2n) is 7.28. The molecule has 2 heterocycles. The van der Waals surface area contributed by atoms with Gasteiger partial charge < -0.3 is 14.8 Å². The summed E-state index contributed by atoms with van der Waals surface area (Å²) in [5, 5.41) is 8.67. The zero-order valence-corrected chi connectivity index (χ0v) is 17.0. The Kier molecular flexibility index (Phi) is 4.99. The molecule has 0 unspecified atom stereocenters. The van der Waals surface area contributed by atoms with Crippen LogP contribution in [0.3, 0.4) is 0 Å². The summed E-state index contributed by atoms with van der Waals surface area (Å²) < 4.78 is 13.4. The highest BCUT2D eigenvalue weighted by molar-refractivity contribution is 5.80. The molecule has 1 aromatic heterocycles. The maximum absolute atomic E-state index is 5.66. The van der Waals surface area contributed by atoms with Crippen molar-refractivity contribution in [2.45, 2.75) is 33.1 Å². The van der Waals surface area contributed by atoms with Gasteiger partial charge in [0.05, 0.1) is 25.5 Å². The quantitative estimate of drug-likeness (QED) is 0.701. The van der Waals surface area contributed by atoms with E-state index in [9.17, 15) is 0 Å². The predicted molar refractivity (Wildman–Crippen MR) is 113 cm³/mol. The summed E-state index contributed by atoms with van der Waals surface area (Å²) in [6, 6.07) is 12.3. The molecule has 1 N–H and O–H groups in total. The zero-order chi connectivity index (χ0) is 19.7. The third kappa shape index (κ3) is 3.11. The molecule has 0 saturated carbocycles. The van der Waals surface area contributed by atoms with Gasteiger partial charge in [0, 0.05) is 12.1 Å². The van der Waals surface area contributed by atoms with Gasteiger partial charge in [0.15, 0.2) is 0 Å². The average molecular weight is 377 g/mol. The lowest BCUT2D eigenvalue weighted by Crippen LogP contribution is -2.07. The number of nitrogens with zero attached hydrogens (tertiary/aromatic N) is 2. The van der Waals surface area contributed by atoms with Crippen LogP contribution in [0.4, 0.5) is 5.82 Å². The van der Waals surface area contributed by atoms with Crippen LogP contribution in [0.15, 0.2) is 36.4 Å². The number of ether oxygens (including phenoxy) is 2. The van der Waals surface area contributed by atoms with Crippen molar-refractivity contribution >= 4 is 5.82 Å². The third-order valence-corrected chi connectivity index (χ3v) is 5.53. The molecule has 5 nitrogen and oxygen atoms in total. The summed E-state index contributed by atoms with van der Waals surface area (Å²) in [6.45, 7) is 5.22. The standard InChI is InChI=1S/C23H27N3O2/c1-15-11-12-17(14-16(15)2)26-23-18(8-5-6-13-24-23)22(25-26)21-19(27-3)9-7-10-20(21)28-4/h7,9-12,14,24H,5-6,8,13H2,1-4H3. The minimum Gasteiger partial charge on any atom is -0.496 e. The van der Waals surface area contributed by atoms with Crippen LogP contribution in [0.25, 0.3) is 16.9 Å². The number of aromatic nitrogens is 2. The van der Waals surface area contributed by atoms with Crippen molar-refractivity contribution in [1.82, 2.24) is 9.78 Å². The molecule has 5 heteroatoms. The fourth-order valence-electron chi connectivity index (χ4n) is 3.83. The molecule has 28 heavy (non-hydrogen) atoms. The minimum absolute atomic E-state index is 0.774. The Bertz CT molecular complexity index is 985. The number of hydrogen-bond donors (Lipinski definition) is 1. The molecule has 0 saturated heterocycles. The Morgan fingerprint density at radius 3 is 2.39 bits per heavy atom. The molecule has 3 aromatic rings. The number of hydrogen-bond acceptors (Lipinski definition) is 4. The van der Waals surface area contributed by atoms with E-state index in [0.29, 0.717) is 0 Å². The van der Waals surface area contributed by atoms with Gasteiger partial charge in [0.25, 0.3) is 0 Å². The lowest BCUT2D eigenvalue weighted by atomic mass is 10.0. The van der Waals surface area contributed by atoms with Crippen LogP contribution >= 0.6 is 0 Å². The normalized spacial score (nSPS) is 13.4. The number of methoxy groups -OCH3 is 2. The maximum Gasteiger partial charge on any atom is 0.133 e. The molecule has 0 fully saturated rings. The first-order chi connectivity index (χ1) is 13.6. The van der Waals surface area contributed by atoms with Gasteiger partial charge in [0.2, 0.25) is 0 Å². The molecule has 0 spiro atoms. The molecule has 0 radical (unpaired) electrons. The van der Waals surface area contributed by atoms with Crippen LogP contribution in [-0.4, -0.2) is 30.5 Å². The Morgan fingerprint density at radius 1 is 0.964 bits per heavy atom. The van der Waals surface area contributed by atoms with Crippen LogP contribution < -0.4 is 14.8 Å². The first-order valence-corrected chi connectivity index (χ1v) is 9.78. The fourth-order valence-corrected chi connectivity index (χ4v) is 3.83. The van der Waals surface area contributed by atoms with E-state index in [1.165, 1.54) is 16.7 Å². The van der Waals surface area contributed by atoms with E-state index in [1.54, 1.807) is 14.2 Å². The first kappa shape index (κ1) is 18.4. The molecule has 0 atom stereocenters. The van der Waals surface area contributed by atoms with Gasteiger partial charge in [-0.15, -0.1) is 0 Å². The topological polar surface area (TPSA) is 48.3 Å². The maximum atomic E-state index is 5.66. The largest absolute Gasteiger partial charge is 0.496 e.